The van der Waals surface area contributed by atoms with E-state index in [2.05, 4.69) is 47.9 Å². The minimum Gasteiger partial charge on any atom is -0.247 e. The van der Waals surface area contributed by atoms with Crippen molar-refractivity contribution in [1.29, 1.82) is 0 Å². The molecule has 0 bridgehead atoms. The Morgan fingerprint density at radius 1 is 0.625 bits per heavy atom. The molecule has 24 heavy (non-hydrogen) atoms. The predicted molar refractivity (Wildman–Crippen MR) is 97.2 cm³/mol. The summed E-state index contributed by atoms with van der Waals surface area (Å²) in [6, 6.07) is 0. The van der Waals surface area contributed by atoms with Crippen LogP contribution in [0.15, 0.2) is 24.3 Å². The first-order valence-electron chi connectivity index (χ1n) is 9.40. The maximum atomic E-state index is 11.4. The van der Waals surface area contributed by atoms with E-state index in [4.69, 9.17) is 0 Å². The fraction of sp³-hybridized carbons (Fsp3) is 0.700. The zero-order chi connectivity index (χ0) is 17.9. The zero-order valence-electron chi connectivity index (χ0n) is 15.4. The van der Waals surface area contributed by atoms with Crippen LogP contribution in [0.1, 0.15) is 90.9 Å². The highest BCUT2D eigenvalue weighted by atomic mass is 17.2. The van der Waals surface area contributed by atoms with Crippen molar-refractivity contribution in [3.63, 3.8) is 0 Å². The summed E-state index contributed by atoms with van der Waals surface area (Å²) in [4.78, 5) is 32.0. The van der Waals surface area contributed by atoms with Crippen LogP contribution in [0.4, 0.5) is 0 Å². The molecule has 0 aliphatic carbocycles. The minimum atomic E-state index is -0.461. The van der Waals surface area contributed by atoms with E-state index >= 15 is 0 Å². The van der Waals surface area contributed by atoms with E-state index in [0.717, 1.165) is 64.2 Å². The van der Waals surface area contributed by atoms with Crippen LogP contribution in [0.25, 0.3) is 0 Å². The molecular formula is C20H34O4. The van der Waals surface area contributed by atoms with Crippen molar-refractivity contribution in [2.24, 2.45) is 0 Å². The van der Waals surface area contributed by atoms with Gasteiger partial charge in [-0.15, -0.1) is 0 Å². The Hall–Kier alpha value is -1.58. The van der Waals surface area contributed by atoms with E-state index in [-0.39, 0.29) is 0 Å². The Labute approximate surface area is 147 Å². The molecule has 0 saturated heterocycles. The number of hydrogen-bond donors (Lipinski definition) is 0. The molecule has 0 aliphatic rings. The monoisotopic (exact) mass is 338 g/mol. The molecule has 0 aliphatic heterocycles. The highest BCUT2D eigenvalue weighted by Crippen LogP contribution is 2.07. The molecule has 0 amide bonds. The number of unbranched alkanes of at least 4 members (excludes halogenated alkanes) is 6. The molecule has 4 nitrogen and oxygen atoms in total. The fourth-order valence-electron chi connectivity index (χ4n) is 2.16. The lowest BCUT2D eigenvalue weighted by Gasteiger charge is -2.03. The third-order valence-electron chi connectivity index (χ3n) is 3.54. The molecule has 0 rings (SSSR count). The molecule has 0 heterocycles. The second-order valence-corrected chi connectivity index (χ2v) is 5.87. The van der Waals surface area contributed by atoms with Gasteiger partial charge in [-0.1, -0.05) is 51.0 Å². The second-order valence-electron chi connectivity index (χ2n) is 5.87. The summed E-state index contributed by atoms with van der Waals surface area (Å²) in [6.07, 6.45) is 19.1. The van der Waals surface area contributed by atoms with Crippen LogP contribution >= 0.6 is 0 Å². The lowest BCUT2D eigenvalue weighted by molar-refractivity contribution is -0.259. The van der Waals surface area contributed by atoms with Crippen molar-refractivity contribution < 1.29 is 19.4 Å². The van der Waals surface area contributed by atoms with Crippen LogP contribution < -0.4 is 0 Å². The van der Waals surface area contributed by atoms with Crippen LogP contribution in [0.2, 0.25) is 0 Å². The van der Waals surface area contributed by atoms with E-state index in [1.54, 1.807) is 0 Å². The highest BCUT2D eigenvalue weighted by molar-refractivity contribution is 5.72. The van der Waals surface area contributed by atoms with Gasteiger partial charge in [-0.3, -0.25) is 0 Å². The van der Waals surface area contributed by atoms with Gasteiger partial charge < -0.3 is 0 Å². The van der Waals surface area contributed by atoms with Gasteiger partial charge in [-0.25, -0.2) is 19.4 Å². The predicted octanol–water partition coefficient (Wildman–Crippen LogP) is 5.82. The van der Waals surface area contributed by atoms with Crippen LogP contribution in [0.3, 0.4) is 0 Å². The second kappa shape index (κ2) is 17.8. The molecule has 0 spiro atoms. The molecule has 0 aromatic rings. The van der Waals surface area contributed by atoms with Crippen molar-refractivity contribution in [1.82, 2.24) is 0 Å². The van der Waals surface area contributed by atoms with Crippen LogP contribution in [0.5, 0.6) is 0 Å². The third kappa shape index (κ3) is 16.8. The first kappa shape index (κ1) is 22.4. The van der Waals surface area contributed by atoms with Gasteiger partial charge in [0.1, 0.15) is 0 Å². The molecule has 0 aromatic carbocycles. The number of allylic oxidation sites excluding steroid dienone is 4. The van der Waals surface area contributed by atoms with Gasteiger partial charge in [0, 0.05) is 0 Å². The average Bonchev–Trinajstić information content (AvgIpc) is 2.58. The lowest BCUT2D eigenvalue weighted by Crippen LogP contribution is -2.11. The van der Waals surface area contributed by atoms with E-state index in [9.17, 15) is 9.59 Å². The third-order valence-corrected chi connectivity index (χ3v) is 3.54. The molecule has 138 valence electrons. The van der Waals surface area contributed by atoms with Gasteiger partial charge in [0.2, 0.25) is 0 Å². The van der Waals surface area contributed by atoms with E-state index in [0.29, 0.717) is 12.8 Å². The molecule has 0 atom stereocenters. The summed E-state index contributed by atoms with van der Waals surface area (Å²) in [5.74, 6) is -0.922. The smallest absolute Gasteiger partial charge is 0.247 e. The van der Waals surface area contributed by atoms with Crippen molar-refractivity contribution in [2.75, 3.05) is 0 Å². The summed E-state index contributed by atoms with van der Waals surface area (Å²) in [6.45, 7) is 4.22. The first-order chi connectivity index (χ1) is 11.7. The fourth-order valence-corrected chi connectivity index (χ4v) is 2.16. The Kier molecular flexibility index (Phi) is 16.6. The summed E-state index contributed by atoms with van der Waals surface area (Å²) < 4.78 is 0. The largest absolute Gasteiger partial charge is 0.355 e. The molecule has 4 heteroatoms. The Morgan fingerprint density at radius 3 is 1.42 bits per heavy atom. The summed E-state index contributed by atoms with van der Waals surface area (Å²) in [7, 11) is 0. The van der Waals surface area contributed by atoms with Gasteiger partial charge >= 0.3 is 11.9 Å². The topological polar surface area (TPSA) is 52.6 Å². The Morgan fingerprint density at radius 2 is 1.04 bits per heavy atom. The van der Waals surface area contributed by atoms with Gasteiger partial charge in [-0.2, -0.15) is 0 Å². The van der Waals surface area contributed by atoms with Gasteiger partial charge in [0.25, 0.3) is 0 Å². The number of rotatable bonds is 14. The summed E-state index contributed by atoms with van der Waals surface area (Å²) in [5, 5.41) is 0. The lowest BCUT2D eigenvalue weighted by atomic mass is 10.1. The van der Waals surface area contributed by atoms with Crippen molar-refractivity contribution >= 4 is 11.9 Å². The highest BCUT2D eigenvalue weighted by Gasteiger charge is 2.09. The number of carbonyl (C=O) groups is 2. The van der Waals surface area contributed by atoms with Crippen LogP contribution in [-0.2, 0) is 19.4 Å². The summed E-state index contributed by atoms with van der Waals surface area (Å²) in [5.41, 5.74) is 0. The van der Waals surface area contributed by atoms with Crippen molar-refractivity contribution in [3.8, 4) is 0 Å². The minimum absolute atomic E-state index is 0.300. The maximum absolute atomic E-state index is 11.4. The molecule has 0 saturated carbocycles. The Bertz CT molecular complexity index is 336. The quantitative estimate of drug-likeness (QED) is 0.173. The van der Waals surface area contributed by atoms with Gasteiger partial charge in [0.05, 0.1) is 12.8 Å². The first-order valence-corrected chi connectivity index (χ1v) is 9.40. The Balaban J connectivity index is 3.43. The zero-order valence-corrected chi connectivity index (χ0v) is 15.4. The molecular weight excluding hydrogens is 304 g/mol. The number of hydrogen-bond acceptors (Lipinski definition) is 4. The summed E-state index contributed by atoms with van der Waals surface area (Å²) >= 11 is 0. The molecule has 0 radical (unpaired) electrons. The number of carbonyl (C=O) groups excluding carboxylic acids is 2. The molecule has 0 fully saturated rings. The molecule has 0 N–H and O–H groups in total. The van der Waals surface area contributed by atoms with E-state index in [1.165, 1.54) is 0 Å². The van der Waals surface area contributed by atoms with Gasteiger partial charge in [0.15, 0.2) is 0 Å². The normalized spacial score (nSPS) is 11.2. The molecule has 0 unspecified atom stereocenters. The molecule has 0 aromatic heterocycles. The van der Waals surface area contributed by atoms with E-state index in [1.807, 2.05) is 0 Å². The van der Waals surface area contributed by atoms with Crippen LogP contribution in [0, 0.1) is 0 Å². The van der Waals surface area contributed by atoms with Crippen LogP contribution in [-0.4, -0.2) is 11.9 Å². The maximum Gasteiger partial charge on any atom is 0.355 e. The average molecular weight is 338 g/mol. The van der Waals surface area contributed by atoms with E-state index < -0.39 is 11.9 Å². The van der Waals surface area contributed by atoms with Crippen molar-refractivity contribution in [3.05, 3.63) is 24.3 Å². The van der Waals surface area contributed by atoms with Crippen molar-refractivity contribution in [2.45, 2.75) is 90.9 Å². The standard InChI is InChI=1S/C20H34O4/c1-3-5-7-9-11-13-15-17-19(21)23-24-20(22)18-16-14-12-10-8-6-4-2/h5-8H,3-4,9-18H2,1-2H3. The SMILES string of the molecule is CCC=CCCCCCC(=O)OOC(=O)CCCCCC=CCC. The van der Waals surface area contributed by atoms with Gasteiger partial charge in [-0.05, 0) is 51.4 Å².